The minimum absolute atomic E-state index is 0.140. The maximum Gasteiger partial charge on any atom is 0.225 e. The smallest absolute Gasteiger partial charge is 0.225 e. The number of hydrogen-bond acceptors (Lipinski definition) is 3. The van der Waals surface area contributed by atoms with Crippen LogP contribution in [-0.2, 0) is 22.4 Å². The van der Waals surface area contributed by atoms with E-state index in [2.05, 4.69) is 29.6 Å². The van der Waals surface area contributed by atoms with Crippen LogP contribution in [0, 0.1) is 11.8 Å². The van der Waals surface area contributed by atoms with Crippen molar-refractivity contribution in [3.8, 4) is 0 Å². The predicted octanol–water partition coefficient (Wildman–Crippen LogP) is 3.05. The SMILES string of the molecule is O=C(Cc1cccs1)N[C@@H]1[C@@H](Cc2ccccc2)[C@H]2OCC[C@@H]12. The first-order chi connectivity index (χ1) is 11.3. The van der Waals surface area contributed by atoms with E-state index in [9.17, 15) is 4.79 Å². The quantitative estimate of drug-likeness (QED) is 0.916. The van der Waals surface area contributed by atoms with E-state index in [0.717, 1.165) is 24.3 Å². The Balaban J connectivity index is 1.42. The molecule has 4 atom stereocenters. The van der Waals surface area contributed by atoms with E-state index in [-0.39, 0.29) is 11.9 Å². The molecule has 1 aromatic heterocycles. The highest BCUT2D eigenvalue weighted by atomic mass is 32.1. The molecule has 0 spiro atoms. The normalized spacial score (nSPS) is 28.9. The molecule has 2 aromatic rings. The predicted molar refractivity (Wildman–Crippen MR) is 91.4 cm³/mol. The van der Waals surface area contributed by atoms with E-state index in [1.807, 2.05) is 23.6 Å². The highest BCUT2D eigenvalue weighted by Gasteiger charge is 2.53. The molecule has 3 nitrogen and oxygen atoms in total. The van der Waals surface area contributed by atoms with Crippen molar-refractivity contribution >= 4 is 17.2 Å². The number of amides is 1. The van der Waals surface area contributed by atoms with E-state index >= 15 is 0 Å². The molecule has 0 unspecified atom stereocenters. The molecule has 1 amide bonds. The standard InChI is InChI=1S/C19H21NO2S/c21-17(12-14-7-4-10-23-14)20-18-15-8-9-22-19(15)16(18)11-13-5-2-1-3-6-13/h1-7,10,15-16,18-19H,8-9,11-12H2,(H,20,21)/t15-,16+,18-,19-/m0/s1. The van der Waals surface area contributed by atoms with E-state index in [1.54, 1.807) is 11.3 Å². The topological polar surface area (TPSA) is 38.3 Å². The van der Waals surface area contributed by atoms with E-state index < -0.39 is 0 Å². The Hall–Kier alpha value is -1.65. The average molecular weight is 327 g/mol. The maximum absolute atomic E-state index is 12.4. The van der Waals surface area contributed by atoms with Gasteiger partial charge in [-0.05, 0) is 29.9 Å². The zero-order valence-corrected chi connectivity index (χ0v) is 13.8. The summed E-state index contributed by atoms with van der Waals surface area (Å²) in [6.07, 6.45) is 2.86. The number of ether oxygens (including phenoxy) is 1. The van der Waals surface area contributed by atoms with Gasteiger partial charge in [-0.15, -0.1) is 11.3 Å². The Morgan fingerprint density at radius 2 is 2.09 bits per heavy atom. The first-order valence-electron chi connectivity index (χ1n) is 8.28. The Kier molecular flexibility index (Phi) is 4.19. The van der Waals surface area contributed by atoms with Crippen LogP contribution in [0.15, 0.2) is 47.8 Å². The van der Waals surface area contributed by atoms with Crippen molar-refractivity contribution in [3.63, 3.8) is 0 Å². The second-order valence-corrected chi connectivity index (χ2v) is 7.52. The molecule has 2 aliphatic rings. The summed E-state index contributed by atoms with van der Waals surface area (Å²) in [6.45, 7) is 0.831. The molecule has 0 bridgehead atoms. The first kappa shape index (κ1) is 14.9. The Morgan fingerprint density at radius 1 is 1.22 bits per heavy atom. The molecule has 1 saturated heterocycles. The number of rotatable bonds is 5. The molecular formula is C19H21NO2S. The van der Waals surface area contributed by atoms with Crippen LogP contribution in [0.25, 0.3) is 0 Å². The lowest BCUT2D eigenvalue weighted by Crippen LogP contribution is -2.62. The third-order valence-corrected chi connectivity index (χ3v) is 5.96. The zero-order valence-electron chi connectivity index (χ0n) is 13.0. The number of benzene rings is 1. The monoisotopic (exact) mass is 327 g/mol. The summed E-state index contributed by atoms with van der Waals surface area (Å²) in [5.74, 6) is 1.04. The summed E-state index contributed by atoms with van der Waals surface area (Å²) in [5, 5.41) is 5.30. The molecule has 2 heterocycles. The molecule has 0 radical (unpaired) electrons. The fraction of sp³-hybridized carbons (Fsp3) is 0.421. The molecule has 4 heteroatoms. The Bertz CT molecular complexity index is 655. The van der Waals surface area contributed by atoms with Crippen molar-refractivity contribution in [3.05, 3.63) is 58.3 Å². The van der Waals surface area contributed by atoms with Crippen molar-refractivity contribution < 1.29 is 9.53 Å². The van der Waals surface area contributed by atoms with Gasteiger partial charge in [-0.1, -0.05) is 36.4 Å². The second-order valence-electron chi connectivity index (χ2n) is 6.49. The molecule has 120 valence electrons. The van der Waals surface area contributed by atoms with Gasteiger partial charge in [0.1, 0.15) is 0 Å². The van der Waals surface area contributed by atoms with Gasteiger partial charge in [-0.2, -0.15) is 0 Å². The lowest BCUT2D eigenvalue weighted by molar-refractivity contribution is -0.126. The fourth-order valence-corrected chi connectivity index (χ4v) is 4.68. The van der Waals surface area contributed by atoms with E-state index in [4.69, 9.17) is 4.74 Å². The van der Waals surface area contributed by atoms with Gasteiger partial charge < -0.3 is 10.1 Å². The van der Waals surface area contributed by atoms with Crippen molar-refractivity contribution in [2.24, 2.45) is 11.8 Å². The summed E-state index contributed by atoms with van der Waals surface area (Å²) >= 11 is 1.64. The Morgan fingerprint density at radius 3 is 2.87 bits per heavy atom. The van der Waals surface area contributed by atoms with Gasteiger partial charge in [0.25, 0.3) is 0 Å². The third kappa shape index (κ3) is 3.06. The van der Waals surface area contributed by atoms with E-state index in [1.165, 1.54) is 5.56 Å². The van der Waals surface area contributed by atoms with Crippen molar-refractivity contribution in [2.45, 2.75) is 31.4 Å². The van der Waals surface area contributed by atoms with Crippen LogP contribution in [0.4, 0.5) is 0 Å². The fourth-order valence-electron chi connectivity index (χ4n) is 3.98. The summed E-state index contributed by atoms with van der Waals surface area (Å²) in [7, 11) is 0. The number of thiophene rings is 1. The van der Waals surface area contributed by atoms with Crippen LogP contribution in [0.5, 0.6) is 0 Å². The number of hydrogen-bond donors (Lipinski definition) is 1. The van der Waals surface area contributed by atoms with Crippen LogP contribution in [0.1, 0.15) is 16.9 Å². The van der Waals surface area contributed by atoms with Gasteiger partial charge in [0.05, 0.1) is 12.5 Å². The van der Waals surface area contributed by atoms with Crippen LogP contribution in [-0.4, -0.2) is 24.7 Å². The highest BCUT2D eigenvalue weighted by Crippen LogP contribution is 2.45. The van der Waals surface area contributed by atoms with Gasteiger partial charge in [0.2, 0.25) is 5.91 Å². The minimum atomic E-state index is 0.140. The molecule has 1 aromatic carbocycles. The number of nitrogens with one attached hydrogen (secondary N) is 1. The maximum atomic E-state index is 12.4. The molecule has 1 saturated carbocycles. The highest BCUT2D eigenvalue weighted by molar-refractivity contribution is 7.10. The molecule has 2 fully saturated rings. The summed E-state index contributed by atoms with van der Waals surface area (Å²) in [4.78, 5) is 13.5. The molecule has 1 aliphatic carbocycles. The van der Waals surface area contributed by atoms with Gasteiger partial charge in [-0.25, -0.2) is 0 Å². The molecule has 23 heavy (non-hydrogen) atoms. The Labute approximate surface area is 140 Å². The number of carbonyl (C=O) groups is 1. The van der Waals surface area contributed by atoms with Gasteiger partial charge in [-0.3, -0.25) is 4.79 Å². The average Bonchev–Trinajstić information content (AvgIpc) is 3.21. The zero-order chi connectivity index (χ0) is 15.6. The van der Waals surface area contributed by atoms with Gasteiger partial charge >= 0.3 is 0 Å². The summed E-state index contributed by atoms with van der Waals surface area (Å²) < 4.78 is 5.91. The number of carbonyl (C=O) groups excluding carboxylic acids is 1. The lowest BCUT2D eigenvalue weighted by atomic mass is 9.64. The molecular weight excluding hydrogens is 306 g/mol. The summed E-state index contributed by atoms with van der Waals surface area (Å²) in [5.41, 5.74) is 1.32. The summed E-state index contributed by atoms with van der Waals surface area (Å²) in [6, 6.07) is 14.8. The minimum Gasteiger partial charge on any atom is -0.377 e. The van der Waals surface area contributed by atoms with Crippen molar-refractivity contribution in [1.82, 2.24) is 5.32 Å². The van der Waals surface area contributed by atoms with Gasteiger partial charge in [0.15, 0.2) is 0 Å². The first-order valence-corrected chi connectivity index (χ1v) is 9.16. The van der Waals surface area contributed by atoms with Gasteiger partial charge in [0, 0.05) is 29.4 Å². The van der Waals surface area contributed by atoms with Crippen molar-refractivity contribution in [1.29, 1.82) is 0 Å². The molecule has 1 aliphatic heterocycles. The second kappa shape index (κ2) is 6.46. The largest absolute Gasteiger partial charge is 0.377 e. The van der Waals surface area contributed by atoms with Crippen molar-refractivity contribution in [2.75, 3.05) is 6.61 Å². The number of fused-ring (bicyclic) bond motifs is 1. The van der Waals surface area contributed by atoms with Crippen LogP contribution < -0.4 is 5.32 Å². The third-order valence-electron chi connectivity index (χ3n) is 5.08. The van der Waals surface area contributed by atoms with Crippen LogP contribution in [0.2, 0.25) is 0 Å². The van der Waals surface area contributed by atoms with Crippen LogP contribution in [0.3, 0.4) is 0 Å². The molecule has 4 rings (SSSR count). The van der Waals surface area contributed by atoms with E-state index in [0.29, 0.717) is 24.4 Å². The van der Waals surface area contributed by atoms with Crippen LogP contribution >= 0.6 is 11.3 Å². The lowest BCUT2D eigenvalue weighted by Gasteiger charge is -2.48. The molecule has 1 N–H and O–H groups in total.